The van der Waals surface area contributed by atoms with Gasteiger partial charge in [0.05, 0.1) is 25.1 Å². The molecule has 0 spiro atoms. The van der Waals surface area contributed by atoms with E-state index in [1.807, 2.05) is 13.8 Å². The first-order valence-electron chi connectivity index (χ1n) is 5.25. The molecular formula is C10H21NO4S. The molecule has 0 fully saturated rings. The second kappa shape index (κ2) is 7.78. The van der Waals surface area contributed by atoms with Crippen LogP contribution in [0.1, 0.15) is 13.8 Å². The zero-order valence-electron chi connectivity index (χ0n) is 9.92. The van der Waals surface area contributed by atoms with Gasteiger partial charge in [-0.25, -0.2) is 8.42 Å². The molecule has 0 radical (unpaired) electrons. The van der Waals surface area contributed by atoms with Gasteiger partial charge >= 0.3 is 0 Å². The van der Waals surface area contributed by atoms with Crippen molar-refractivity contribution >= 4 is 10.0 Å². The summed E-state index contributed by atoms with van der Waals surface area (Å²) in [4.78, 5) is 0. The van der Waals surface area contributed by atoms with Gasteiger partial charge in [-0.2, -0.15) is 4.31 Å². The summed E-state index contributed by atoms with van der Waals surface area (Å²) in [7, 11) is -3.37. The Kier molecular flexibility index (Phi) is 7.57. The van der Waals surface area contributed by atoms with E-state index in [-0.39, 0.29) is 38.2 Å². The van der Waals surface area contributed by atoms with Gasteiger partial charge < -0.3 is 9.84 Å². The summed E-state index contributed by atoms with van der Waals surface area (Å²) in [5.74, 6) is -0.0704. The molecule has 0 bridgehead atoms. The Bertz CT molecular complexity index is 287. The van der Waals surface area contributed by atoms with Crippen LogP contribution in [0.25, 0.3) is 0 Å². The fourth-order valence-electron chi connectivity index (χ4n) is 1.12. The minimum absolute atomic E-state index is 0.0147. The van der Waals surface area contributed by atoms with Gasteiger partial charge in [0.15, 0.2) is 0 Å². The number of aliphatic hydroxyl groups excluding tert-OH is 1. The van der Waals surface area contributed by atoms with Crippen molar-refractivity contribution in [1.29, 1.82) is 0 Å². The lowest BCUT2D eigenvalue weighted by Gasteiger charge is -2.19. The molecule has 0 unspecified atom stereocenters. The SMILES string of the molecule is C=CCN(CCO)S(=O)(=O)CCOC(C)C. The topological polar surface area (TPSA) is 66.8 Å². The summed E-state index contributed by atoms with van der Waals surface area (Å²) in [5, 5.41) is 8.77. The maximum atomic E-state index is 11.8. The second-order valence-electron chi connectivity index (χ2n) is 3.61. The highest BCUT2D eigenvalue weighted by molar-refractivity contribution is 7.89. The van der Waals surface area contributed by atoms with Crippen molar-refractivity contribution in [3.63, 3.8) is 0 Å². The van der Waals surface area contributed by atoms with Gasteiger partial charge in [0.1, 0.15) is 0 Å². The average molecular weight is 251 g/mol. The molecule has 0 rings (SSSR count). The van der Waals surface area contributed by atoms with E-state index in [1.54, 1.807) is 0 Å². The molecule has 0 aromatic heterocycles. The van der Waals surface area contributed by atoms with E-state index >= 15 is 0 Å². The van der Waals surface area contributed by atoms with Gasteiger partial charge in [-0.05, 0) is 13.8 Å². The maximum absolute atomic E-state index is 11.8. The van der Waals surface area contributed by atoms with Gasteiger partial charge in [0, 0.05) is 13.1 Å². The zero-order valence-corrected chi connectivity index (χ0v) is 10.7. The third-order valence-electron chi connectivity index (χ3n) is 1.87. The van der Waals surface area contributed by atoms with Crippen LogP contribution in [0.5, 0.6) is 0 Å². The standard InChI is InChI=1S/C10H21NO4S/c1-4-5-11(6-7-12)16(13,14)9-8-15-10(2)3/h4,10,12H,1,5-9H2,2-3H3. The first-order valence-corrected chi connectivity index (χ1v) is 6.86. The molecule has 1 N–H and O–H groups in total. The summed E-state index contributed by atoms with van der Waals surface area (Å²) in [6.45, 7) is 7.46. The highest BCUT2D eigenvalue weighted by Gasteiger charge is 2.20. The van der Waals surface area contributed by atoms with Crippen molar-refractivity contribution in [3.05, 3.63) is 12.7 Å². The third-order valence-corrected chi connectivity index (χ3v) is 3.67. The first-order chi connectivity index (χ1) is 7.44. The number of nitrogens with zero attached hydrogens (tertiary/aromatic N) is 1. The van der Waals surface area contributed by atoms with Crippen LogP contribution in [0.3, 0.4) is 0 Å². The molecule has 0 atom stereocenters. The quantitative estimate of drug-likeness (QED) is 0.595. The van der Waals surface area contributed by atoms with Crippen molar-refractivity contribution < 1.29 is 18.3 Å². The van der Waals surface area contributed by atoms with Gasteiger partial charge in [0.2, 0.25) is 10.0 Å². The Balaban J connectivity index is 4.29. The van der Waals surface area contributed by atoms with Crippen LogP contribution in [0.2, 0.25) is 0 Å². The molecule has 0 aromatic carbocycles. The van der Waals surface area contributed by atoms with Crippen molar-refractivity contribution in [3.8, 4) is 0 Å². The number of rotatable bonds is 9. The van der Waals surface area contributed by atoms with Crippen LogP contribution in [0, 0.1) is 0 Å². The van der Waals surface area contributed by atoms with Gasteiger partial charge in [-0.15, -0.1) is 6.58 Å². The molecule has 0 saturated heterocycles. The highest BCUT2D eigenvalue weighted by atomic mass is 32.2. The van der Waals surface area contributed by atoms with Crippen LogP contribution in [-0.4, -0.2) is 56.0 Å². The van der Waals surface area contributed by atoms with E-state index in [4.69, 9.17) is 9.84 Å². The Labute approximate surface area is 97.8 Å². The minimum atomic E-state index is -3.37. The lowest BCUT2D eigenvalue weighted by molar-refractivity contribution is 0.0906. The normalized spacial score (nSPS) is 12.3. The Hall–Kier alpha value is -0.430. The fourth-order valence-corrected chi connectivity index (χ4v) is 2.38. The summed E-state index contributed by atoms with van der Waals surface area (Å²) in [6, 6.07) is 0. The fraction of sp³-hybridized carbons (Fsp3) is 0.800. The van der Waals surface area contributed by atoms with Crippen LogP contribution in [0.15, 0.2) is 12.7 Å². The van der Waals surface area contributed by atoms with E-state index in [2.05, 4.69) is 6.58 Å². The number of hydrogen-bond donors (Lipinski definition) is 1. The summed E-state index contributed by atoms with van der Waals surface area (Å²) in [6.07, 6.45) is 1.51. The van der Waals surface area contributed by atoms with Crippen molar-refractivity contribution in [2.24, 2.45) is 0 Å². The molecule has 16 heavy (non-hydrogen) atoms. The largest absolute Gasteiger partial charge is 0.395 e. The number of hydrogen-bond acceptors (Lipinski definition) is 4. The van der Waals surface area contributed by atoms with Crippen molar-refractivity contribution in [2.45, 2.75) is 20.0 Å². The van der Waals surface area contributed by atoms with E-state index in [0.717, 1.165) is 0 Å². The monoisotopic (exact) mass is 251 g/mol. The van der Waals surface area contributed by atoms with Crippen LogP contribution < -0.4 is 0 Å². The molecule has 0 aromatic rings. The number of sulfonamides is 1. The summed E-state index contributed by atoms with van der Waals surface area (Å²) < 4.78 is 29.9. The lowest BCUT2D eigenvalue weighted by atomic mass is 10.5. The molecule has 0 aliphatic carbocycles. The highest BCUT2D eigenvalue weighted by Crippen LogP contribution is 2.02. The van der Waals surface area contributed by atoms with E-state index in [0.29, 0.717) is 0 Å². The van der Waals surface area contributed by atoms with E-state index < -0.39 is 10.0 Å². The minimum Gasteiger partial charge on any atom is -0.395 e. The van der Waals surface area contributed by atoms with Crippen LogP contribution >= 0.6 is 0 Å². The average Bonchev–Trinajstić information content (AvgIpc) is 2.16. The summed E-state index contributed by atoms with van der Waals surface area (Å²) in [5.41, 5.74) is 0. The first kappa shape index (κ1) is 15.6. The van der Waals surface area contributed by atoms with Crippen LogP contribution in [0.4, 0.5) is 0 Å². The molecular weight excluding hydrogens is 230 g/mol. The maximum Gasteiger partial charge on any atom is 0.216 e. The summed E-state index contributed by atoms with van der Waals surface area (Å²) >= 11 is 0. The Morgan fingerprint density at radius 1 is 1.50 bits per heavy atom. The molecule has 6 heteroatoms. The van der Waals surface area contributed by atoms with Crippen molar-refractivity contribution in [2.75, 3.05) is 32.1 Å². The van der Waals surface area contributed by atoms with Gasteiger partial charge in [0.25, 0.3) is 0 Å². The lowest BCUT2D eigenvalue weighted by Crippen LogP contribution is -2.36. The second-order valence-corrected chi connectivity index (χ2v) is 5.69. The molecule has 0 saturated carbocycles. The molecule has 0 amide bonds. The number of ether oxygens (including phenoxy) is 1. The Morgan fingerprint density at radius 2 is 2.12 bits per heavy atom. The predicted molar refractivity (Wildman–Crippen MR) is 63.7 cm³/mol. The van der Waals surface area contributed by atoms with E-state index in [1.165, 1.54) is 10.4 Å². The molecule has 0 heterocycles. The van der Waals surface area contributed by atoms with Crippen molar-refractivity contribution in [1.82, 2.24) is 4.31 Å². The predicted octanol–water partition coefficient (Wildman–Crippen LogP) is 0.221. The zero-order chi connectivity index (χ0) is 12.6. The van der Waals surface area contributed by atoms with Gasteiger partial charge in [-0.3, -0.25) is 0 Å². The molecule has 96 valence electrons. The molecule has 0 aliphatic heterocycles. The number of aliphatic hydroxyl groups is 1. The van der Waals surface area contributed by atoms with Crippen LogP contribution in [-0.2, 0) is 14.8 Å². The third kappa shape index (κ3) is 6.22. The molecule has 0 aliphatic rings. The smallest absolute Gasteiger partial charge is 0.216 e. The van der Waals surface area contributed by atoms with E-state index in [9.17, 15) is 8.42 Å². The Morgan fingerprint density at radius 3 is 2.56 bits per heavy atom. The molecule has 5 nitrogen and oxygen atoms in total. The van der Waals surface area contributed by atoms with Gasteiger partial charge in [-0.1, -0.05) is 6.08 Å².